The Morgan fingerprint density at radius 1 is 1.44 bits per heavy atom. The molecule has 1 atom stereocenters. The number of likely N-dealkylation sites (tertiary alicyclic amines) is 1. The number of amides is 1. The van der Waals surface area contributed by atoms with Crippen molar-refractivity contribution in [2.45, 2.75) is 25.9 Å². The van der Waals surface area contributed by atoms with Crippen molar-refractivity contribution in [1.29, 1.82) is 0 Å². The Labute approximate surface area is 154 Å². The molecule has 0 bridgehead atoms. The lowest BCUT2D eigenvalue weighted by Gasteiger charge is -2.17. The zero-order valence-electron chi connectivity index (χ0n) is 13.9. The zero-order valence-corrected chi connectivity index (χ0v) is 15.5. The summed E-state index contributed by atoms with van der Waals surface area (Å²) in [5.41, 5.74) is 2.29. The van der Waals surface area contributed by atoms with Crippen molar-refractivity contribution >= 4 is 39.9 Å². The SMILES string of the molecule is COC(=O)c1sc(NC2CCN(Cc3ccc(C)cc3)C2=O)nc1Cl. The average Bonchev–Trinajstić information content (AvgIpc) is 3.13. The predicted octanol–water partition coefficient (Wildman–Crippen LogP) is 3.10. The number of thiazole rings is 1. The van der Waals surface area contributed by atoms with E-state index in [-0.39, 0.29) is 22.0 Å². The van der Waals surface area contributed by atoms with Crippen LogP contribution in [0.15, 0.2) is 24.3 Å². The fourth-order valence-electron chi connectivity index (χ4n) is 2.67. The molecule has 1 aromatic heterocycles. The number of esters is 1. The summed E-state index contributed by atoms with van der Waals surface area (Å²) >= 11 is 7.04. The molecule has 0 aliphatic carbocycles. The van der Waals surface area contributed by atoms with Crippen LogP contribution in [0.3, 0.4) is 0 Å². The lowest BCUT2D eigenvalue weighted by molar-refractivity contribution is -0.128. The molecular formula is C17H18ClN3O3S. The lowest BCUT2D eigenvalue weighted by atomic mass is 10.1. The van der Waals surface area contributed by atoms with Gasteiger partial charge in [0.15, 0.2) is 15.2 Å². The maximum absolute atomic E-state index is 12.6. The van der Waals surface area contributed by atoms with Crippen LogP contribution in [0.1, 0.15) is 27.2 Å². The first-order valence-corrected chi connectivity index (χ1v) is 9.03. The van der Waals surface area contributed by atoms with Gasteiger partial charge in [0, 0.05) is 13.1 Å². The number of aryl methyl sites for hydroxylation is 1. The average molecular weight is 380 g/mol. The molecule has 2 aromatic rings. The van der Waals surface area contributed by atoms with Crippen LogP contribution in [-0.4, -0.2) is 41.5 Å². The maximum atomic E-state index is 12.6. The standard InChI is InChI=1S/C17H18ClN3O3S/c1-10-3-5-11(6-4-10)9-21-8-7-12(15(21)22)19-17-20-14(18)13(25-17)16(23)24-2/h3-6,12H,7-9H2,1-2H3,(H,19,20). The largest absolute Gasteiger partial charge is 0.465 e. The second-order valence-corrected chi connectivity index (χ2v) is 7.22. The molecule has 25 heavy (non-hydrogen) atoms. The first-order chi connectivity index (χ1) is 12.0. The minimum atomic E-state index is -0.533. The maximum Gasteiger partial charge on any atom is 0.351 e. The van der Waals surface area contributed by atoms with Gasteiger partial charge >= 0.3 is 5.97 Å². The smallest absolute Gasteiger partial charge is 0.351 e. The Morgan fingerprint density at radius 3 is 2.84 bits per heavy atom. The van der Waals surface area contributed by atoms with Crippen molar-refractivity contribution in [3.63, 3.8) is 0 Å². The first kappa shape index (κ1) is 17.7. The van der Waals surface area contributed by atoms with Gasteiger partial charge in [0.25, 0.3) is 0 Å². The number of ether oxygens (including phenoxy) is 1. The van der Waals surface area contributed by atoms with Gasteiger partial charge in [0.1, 0.15) is 6.04 Å². The molecule has 1 N–H and O–H groups in total. The summed E-state index contributed by atoms with van der Waals surface area (Å²) in [7, 11) is 1.29. The molecule has 1 saturated heterocycles. The Hall–Kier alpha value is -2.12. The highest BCUT2D eigenvalue weighted by Gasteiger charge is 2.32. The molecule has 6 nitrogen and oxygen atoms in total. The van der Waals surface area contributed by atoms with Gasteiger partial charge in [-0.05, 0) is 18.9 Å². The molecule has 132 valence electrons. The van der Waals surface area contributed by atoms with E-state index in [4.69, 9.17) is 11.6 Å². The molecule has 0 spiro atoms. The summed E-state index contributed by atoms with van der Waals surface area (Å²) in [4.78, 5) is 30.3. The van der Waals surface area contributed by atoms with Crippen molar-refractivity contribution in [2.75, 3.05) is 19.0 Å². The molecule has 1 fully saturated rings. The lowest BCUT2D eigenvalue weighted by Crippen LogP contribution is -2.33. The van der Waals surface area contributed by atoms with E-state index in [1.807, 2.05) is 36.1 Å². The molecule has 2 heterocycles. The number of benzene rings is 1. The molecule has 8 heteroatoms. The van der Waals surface area contributed by atoms with Crippen LogP contribution in [0.4, 0.5) is 5.13 Å². The molecule has 0 saturated carbocycles. The van der Waals surface area contributed by atoms with Gasteiger partial charge in [-0.2, -0.15) is 0 Å². The van der Waals surface area contributed by atoms with E-state index in [9.17, 15) is 9.59 Å². The summed E-state index contributed by atoms with van der Waals surface area (Å²) in [6, 6.07) is 7.78. The Balaban J connectivity index is 1.64. The molecule has 1 aromatic carbocycles. The molecule has 0 radical (unpaired) electrons. The normalized spacial score (nSPS) is 17.0. The Morgan fingerprint density at radius 2 is 2.16 bits per heavy atom. The van der Waals surface area contributed by atoms with Crippen LogP contribution in [-0.2, 0) is 16.1 Å². The van der Waals surface area contributed by atoms with Gasteiger partial charge in [-0.1, -0.05) is 52.8 Å². The summed E-state index contributed by atoms with van der Waals surface area (Å²) in [5.74, 6) is -0.513. The highest BCUT2D eigenvalue weighted by Crippen LogP contribution is 2.29. The Kier molecular flexibility index (Phi) is 5.24. The number of nitrogens with one attached hydrogen (secondary N) is 1. The topological polar surface area (TPSA) is 71.5 Å². The van der Waals surface area contributed by atoms with Gasteiger partial charge in [0.2, 0.25) is 5.91 Å². The zero-order chi connectivity index (χ0) is 18.0. The summed E-state index contributed by atoms with van der Waals surface area (Å²) < 4.78 is 4.66. The number of rotatable bonds is 5. The number of methoxy groups -OCH3 is 1. The van der Waals surface area contributed by atoms with Crippen LogP contribution in [0.5, 0.6) is 0 Å². The Bertz CT molecular complexity index is 791. The number of anilines is 1. The quantitative estimate of drug-likeness (QED) is 0.808. The van der Waals surface area contributed by atoms with Crippen molar-refractivity contribution in [2.24, 2.45) is 0 Å². The number of halogens is 1. The number of carbonyl (C=O) groups excluding carboxylic acids is 2. The van der Waals surface area contributed by atoms with Crippen LogP contribution in [0.2, 0.25) is 5.15 Å². The first-order valence-electron chi connectivity index (χ1n) is 7.83. The third-order valence-electron chi connectivity index (χ3n) is 4.05. The van der Waals surface area contributed by atoms with E-state index in [0.717, 1.165) is 16.9 Å². The second kappa shape index (κ2) is 7.41. The van der Waals surface area contributed by atoms with Gasteiger partial charge in [0.05, 0.1) is 7.11 Å². The van der Waals surface area contributed by atoms with E-state index in [1.165, 1.54) is 12.7 Å². The third-order valence-corrected chi connectivity index (χ3v) is 5.40. The number of nitrogens with zero attached hydrogens (tertiary/aromatic N) is 2. The van der Waals surface area contributed by atoms with E-state index in [1.54, 1.807) is 0 Å². The van der Waals surface area contributed by atoms with Crippen molar-refractivity contribution in [3.8, 4) is 0 Å². The van der Waals surface area contributed by atoms with Gasteiger partial charge in [-0.15, -0.1) is 0 Å². The van der Waals surface area contributed by atoms with Crippen LogP contribution in [0.25, 0.3) is 0 Å². The van der Waals surface area contributed by atoms with Gasteiger partial charge < -0.3 is 15.0 Å². The predicted molar refractivity (Wildman–Crippen MR) is 97.1 cm³/mol. The van der Waals surface area contributed by atoms with Crippen LogP contribution in [0, 0.1) is 6.92 Å². The van der Waals surface area contributed by atoms with Crippen molar-refractivity contribution < 1.29 is 14.3 Å². The molecule has 1 unspecified atom stereocenters. The van der Waals surface area contributed by atoms with Crippen molar-refractivity contribution in [3.05, 3.63) is 45.4 Å². The fourth-order valence-corrected chi connectivity index (χ4v) is 3.83. The van der Waals surface area contributed by atoms with E-state index >= 15 is 0 Å². The molecule has 1 aliphatic heterocycles. The van der Waals surface area contributed by atoms with Gasteiger partial charge in [-0.3, -0.25) is 4.79 Å². The summed E-state index contributed by atoms with van der Waals surface area (Å²) in [6.07, 6.45) is 0.676. The van der Waals surface area contributed by atoms with E-state index < -0.39 is 5.97 Å². The van der Waals surface area contributed by atoms with Crippen LogP contribution < -0.4 is 5.32 Å². The third kappa shape index (κ3) is 3.93. The highest BCUT2D eigenvalue weighted by atomic mass is 35.5. The molecule has 1 amide bonds. The van der Waals surface area contributed by atoms with E-state index in [2.05, 4.69) is 15.0 Å². The molecular weight excluding hydrogens is 362 g/mol. The highest BCUT2D eigenvalue weighted by molar-refractivity contribution is 7.18. The van der Waals surface area contributed by atoms with Gasteiger partial charge in [-0.25, -0.2) is 9.78 Å². The van der Waals surface area contributed by atoms with Crippen LogP contribution >= 0.6 is 22.9 Å². The number of hydrogen-bond acceptors (Lipinski definition) is 6. The number of aromatic nitrogens is 1. The second-order valence-electron chi connectivity index (χ2n) is 5.86. The number of carbonyl (C=O) groups is 2. The minimum absolute atomic E-state index is 0.0199. The number of hydrogen-bond donors (Lipinski definition) is 1. The monoisotopic (exact) mass is 379 g/mol. The summed E-state index contributed by atoms with van der Waals surface area (Å²) in [6.45, 7) is 3.29. The summed E-state index contributed by atoms with van der Waals surface area (Å²) in [5, 5.41) is 3.61. The van der Waals surface area contributed by atoms with E-state index in [0.29, 0.717) is 24.6 Å². The van der Waals surface area contributed by atoms with Crippen molar-refractivity contribution in [1.82, 2.24) is 9.88 Å². The fraction of sp³-hybridized carbons (Fsp3) is 0.353. The minimum Gasteiger partial charge on any atom is -0.465 e. The molecule has 1 aliphatic rings. The molecule has 3 rings (SSSR count).